The maximum atomic E-state index is 12.3. The molecule has 0 radical (unpaired) electrons. The molecule has 0 aromatic heterocycles. The molecule has 1 aromatic carbocycles. The lowest BCUT2D eigenvalue weighted by Crippen LogP contribution is -2.19. The summed E-state index contributed by atoms with van der Waals surface area (Å²) in [6, 6.07) is 2.31. The summed E-state index contributed by atoms with van der Waals surface area (Å²) >= 11 is 3.04. The lowest BCUT2D eigenvalue weighted by molar-refractivity contribution is -0.275. The Hall–Kier alpha value is -1.44. The van der Waals surface area contributed by atoms with Gasteiger partial charge in [-0.1, -0.05) is 0 Å². The number of esters is 1. The van der Waals surface area contributed by atoms with Gasteiger partial charge >= 0.3 is 12.3 Å². The van der Waals surface area contributed by atoms with Crippen molar-refractivity contribution in [3.63, 3.8) is 0 Å². The second-order valence-corrected chi connectivity index (χ2v) is 4.27. The standard InChI is InChI=1S/C11H11BrF3NO3/c1-2-18-9(17)5-6-8(19-11(13,14)15)4-3-7(16)10(6)12/h3-4H,2,5,16H2,1H3. The Kier molecular flexibility index (Phi) is 5.04. The first-order valence-electron chi connectivity index (χ1n) is 5.22. The van der Waals surface area contributed by atoms with Gasteiger partial charge in [-0.25, -0.2) is 0 Å². The average molecular weight is 342 g/mol. The number of rotatable bonds is 4. The van der Waals surface area contributed by atoms with Crippen LogP contribution in [-0.4, -0.2) is 18.9 Å². The van der Waals surface area contributed by atoms with Crippen molar-refractivity contribution in [3.8, 4) is 5.75 Å². The fourth-order valence-corrected chi connectivity index (χ4v) is 1.83. The van der Waals surface area contributed by atoms with Crippen LogP contribution in [0.2, 0.25) is 0 Å². The molecule has 0 aliphatic carbocycles. The van der Waals surface area contributed by atoms with Gasteiger partial charge in [0, 0.05) is 15.7 Å². The van der Waals surface area contributed by atoms with Crippen LogP contribution in [0.3, 0.4) is 0 Å². The van der Waals surface area contributed by atoms with Crippen LogP contribution in [-0.2, 0) is 16.0 Å². The van der Waals surface area contributed by atoms with E-state index in [-0.39, 0.29) is 28.8 Å². The molecule has 0 heterocycles. The highest BCUT2D eigenvalue weighted by Gasteiger charge is 2.33. The van der Waals surface area contributed by atoms with Crippen LogP contribution in [0.1, 0.15) is 12.5 Å². The zero-order valence-electron chi connectivity index (χ0n) is 9.88. The van der Waals surface area contributed by atoms with Crippen molar-refractivity contribution >= 4 is 27.6 Å². The third-order valence-electron chi connectivity index (χ3n) is 2.08. The number of hydrogen-bond acceptors (Lipinski definition) is 4. The monoisotopic (exact) mass is 341 g/mol. The zero-order valence-corrected chi connectivity index (χ0v) is 11.5. The Morgan fingerprint density at radius 3 is 2.58 bits per heavy atom. The van der Waals surface area contributed by atoms with Crippen molar-refractivity contribution in [1.82, 2.24) is 0 Å². The molecule has 0 atom stereocenters. The molecule has 0 aliphatic heterocycles. The molecule has 0 amide bonds. The minimum atomic E-state index is -4.85. The number of nitrogen functional groups attached to an aromatic ring is 1. The lowest BCUT2D eigenvalue weighted by atomic mass is 10.1. The number of carbonyl (C=O) groups excluding carboxylic acids is 1. The Labute approximate surface area is 115 Å². The summed E-state index contributed by atoms with van der Waals surface area (Å²) in [5, 5.41) is 0. The summed E-state index contributed by atoms with van der Waals surface area (Å²) in [5.74, 6) is -1.15. The van der Waals surface area contributed by atoms with Crippen LogP contribution in [0.5, 0.6) is 5.75 Å². The van der Waals surface area contributed by atoms with E-state index in [1.54, 1.807) is 6.92 Å². The first kappa shape index (κ1) is 15.6. The van der Waals surface area contributed by atoms with Gasteiger partial charge in [-0.05, 0) is 35.0 Å². The van der Waals surface area contributed by atoms with E-state index in [4.69, 9.17) is 5.73 Å². The van der Waals surface area contributed by atoms with Crippen LogP contribution >= 0.6 is 15.9 Å². The number of carbonyl (C=O) groups is 1. The molecular formula is C11H11BrF3NO3. The largest absolute Gasteiger partial charge is 0.573 e. The molecule has 4 nitrogen and oxygen atoms in total. The van der Waals surface area contributed by atoms with E-state index in [0.717, 1.165) is 6.07 Å². The Balaban J connectivity index is 3.10. The maximum Gasteiger partial charge on any atom is 0.573 e. The predicted molar refractivity (Wildman–Crippen MR) is 65.6 cm³/mol. The molecule has 106 valence electrons. The number of anilines is 1. The second-order valence-electron chi connectivity index (χ2n) is 3.48. The zero-order chi connectivity index (χ0) is 14.6. The summed E-state index contributed by atoms with van der Waals surface area (Å²) in [5.41, 5.74) is 5.77. The van der Waals surface area contributed by atoms with Gasteiger partial charge in [-0.15, -0.1) is 13.2 Å². The van der Waals surface area contributed by atoms with Gasteiger partial charge in [0.2, 0.25) is 0 Å². The van der Waals surface area contributed by atoms with Crippen molar-refractivity contribution < 1.29 is 27.4 Å². The van der Waals surface area contributed by atoms with E-state index in [1.807, 2.05) is 0 Å². The quantitative estimate of drug-likeness (QED) is 0.675. The molecule has 0 bridgehead atoms. The minimum Gasteiger partial charge on any atom is -0.466 e. The van der Waals surface area contributed by atoms with E-state index < -0.39 is 18.1 Å². The SMILES string of the molecule is CCOC(=O)Cc1c(OC(F)(F)F)ccc(N)c1Br. The molecule has 0 saturated carbocycles. The van der Waals surface area contributed by atoms with Crippen molar-refractivity contribution in [2.24, 2.45) is 0 Å². The van der Waals surface area contributed by atoms with Gasteiger partial charge in [0.1, 0.15) is 5.75 Å². The fourth-order valence-electron chi connectivity index (χ4n) is 1.36. The van der Waals surface area contributed by atoms with E-state index in [0.29, 0.717) is 0 Å². The van der Waals surface area contributed by atoms with Gasteiger partial charge in [0.05, 0.1) is 13.0 Å². The van der Waals surface area contributed by atoms with Crippen LogP contribution < -0.4 is 10.5 Å². The third-order valence-corrected chi connectivity index (χ3v) is 3.02. The number of hydrogen-bond donors (Lipinski definition) is 1. The predicted octanol–water partition coefficient (Wildman–Crippen LogP) is 3.04. The summed E-state index contributed by atoms with van der Waals surface area (Å²) in [7, 11) is 0. The summed E-state index contributed by atoms with van der Waals surface area (Å²) in [6.07, 6.45) is -5.22. The minimum absolute atomic E-state index is 0.00391. The van der Waals surface area contributed by atoms with Gasteiger partial charge in [0.15, 0.2) is 0 Å². The van der Waals surface area contributed by atoms with Gasteiger partial charge < -0.3 is 15.2 Å². The number of halogens is 4. The molecular weight excluding hydrogens is 331 g/mol. The molecule has 1 aromatic rings. The lowest BCUT2D eigenvalue weighted by Gasteiger charge is -2.15. The van der Waals surface area contributed by atoms with Gasteiger partial charge in [0.25, 0.3) is 0 Å². The molecule has 19 heavy (non-hydrogen) atoms. The van der Waals surface area contributed by atoms with Crippen LogP contribution in [0.15, 0.2) is 16.6 Å². The Morgan fingerprint density at radius 2 is 2.05 bits per heavy atom. The molecule has 0 fully saturated rings. The summed E-state index contributed by atoms with van der Waals surface area (Å²) < 4.78 is 45.5. The molecule has 8 heteroatoms. The second kappa shape index (κ2) is 6.14. The number of nitrogens with two attached hydrogens (primary N) is 1. The molecule has 0 saturated heterocycles. The molecule has 1 rings (SSSR count). The topological polar surface area (TPSA) is 61.5 Å². The highest BCUT2D eigenvalue weighted by Crippen LogP contribution is 2.35. The van der Waals surface area contributed by atoms with E-state index in [1.165, 1.54) is 6.07 Å². The maximum absolute atomic E-state index is 12.3. The van der Waals surface area contributed by atoms with Crippen LogP contribution in [0, 0.1) is 0 Å². The summed E-state index contributed by atoms with van der Waals surface area (Å²) in [6.45, 7) is 1.73. The number of benzene rings is 1. The van der Waals surface area contributed by atoms with E-state index >= 15 is 0 Å². The number of ether oxygens (including phenoxy) is 2. The highest BCUT2D eigenvalue weighted by molar-refractivity contribution is 9.10. The van der Waals surface area contributed by atoms with Crippen molar-refractivity contribution in [1.29, 1.82) is 0 Å². The third kappa shape index (κ3) is 4.62. The van der Waals surface area contributed by atoms with Crippen LogP contribution in [0.4, 0.5) is 18.9 Å². The normalized spacial score (nSPS) is 11.2. The van der Waals surface area contributed by atoms with E-state index in [2.05, 4.69) is 25.4 Å². The van der Waals surface area contributed by atoms with Crippen molar-refractivity contribution in [3.05, 3.63) is 22.2 Å². The first-order chi connectivity index (χ1) is 8.74. The van der Waals surface area contributed by atoms with Crippen molar-refractivity contribution in [2.45, 2.75) is 19.7 Å². The van der Waals surface area contributed by atoms with Gasteiger partial charge in [-0.3, -0.25) is 4.79 Å². The van der Waals surface area contributed by atoms with Gasteiger partial charge in [-0.2, -0.15) is 0 Å². The highest BCUT2D eigenvalue weighted by atomic mass is 79.9. The van der Waals surface area contributed by atoms with E-state index in [9.17, 15) is 18.0 Å². The fraction of sp³-hybridized carbons (Fsp3) is 0.364. The Morgan fingerprint density at radius 1 is 1.42 bits per heavy atom. The average Bonchev–Trinajstić information content (AvgIpc) is 2.27. The molecule has 0 aliphatic rings. The smallest absolute Gasteiger partial charge is 0.466 e. The first-order valence-corrected chi connectivity index (χ1v) is 6.02. The number of alkyl halides is 3. The Bertz CT molecular complexity index is 477. The van der Waals surface area contributed by atoms with Crippen molar-refractivity contribution in [2.75, 3.05) is 12.3 Å². The van der Waals surface area contributed by atoms with Crippen LogP contribution in [0.25, 0.3) is 0 Å². The summed E-state index contributed by atoms with van der Waals surface area (Å²) in [4.78, 5) is 11.4. The molecule has 2 N–H and O–H groups in total. The molecule has 0 unspecified atom stereocenters. The molecule has 0 spiro atoms.